The number of pyridine rings is 2. The zero-order valence-corrected chi connectivity index (χ0v) is 13.2. The summed E-state index contributed by atoms with van der Waals surface area (Å²) in [6.45, 7) is 0. The highest BCUT2D eigenvalue weighted by Crippen LogP contribution is 2.40. The lowest BCUT2D eigenvalue weighted by Crippen LogP contribution is -1.95. The van der Waals surface area contributed by atoms with Crippen molar-refractivity contribution in [3.63, 3.8) is 0 Å². The van der Waals surface area contributed by atoms with Gasteiger partial charge in [-0.1, -0.05) is 0 Å². The van der Waals surface area contributed by atoms with E-state index in [9.17, 15) is 0 Å². The maximum Gasteiger partial charge on any atom is 0.141 e. The minimum Gasteiger partial charge on any atom is -0.383 e. The van der Waals surface area contributed by atoms with Crippen molar-refractivity contribution < 1.29 is 0 Å². The number of nitrogen functional groups attached to an aromatic ring is 2. The molecule has 1 saturated carbocycles. The Morgan fingerprint density at radius 3 is 2.05 bits per heavy atom. The Kier molecular flexibility index (Phi) is 4.92. The van der Waals surface area contributed by atoms with Crippen LogP contribution >= 0.6 is 15.9 Å². The van der Waals surface area contributed by atoms with Gasteiger partial charge >= 0.3 is 0 Å². The molecule has 4 N–H and O–H groups in total. The molecule has 3 rings (SSSR count). The van der Waals surface area contributed by atoms with Crippen molar-refractivity contribution in [3.05, 3.63) is 45.7 Å². The first kappa shape index (κ1) is 15.7. The van der Waals surface area contributed by atoms with Gasteiger partial charge in [0.25, 0.3) is 0 Å². The zero-order valence-electron chi connectivity index (χ0n) is 11.6. The molecule has 1 aliphatic carbocycles. The highest BCUT2D eigenvalue weighted by molar-refractivity contribution is 9.10. The molecule has 22 heavy (non-hydrogen) atoms. The number of rotatable bonds is 1. The van der Waals surface area contributed by atoms with Gasteiger partial charge in [-0.05, 0) is 52.4 Å². The van der Waals surface area contributed by atoms with Crippen LogP contribution in [0.15, 0.2) is 29.0 Å². The molecule has 1 aliphatic rings. The van der Waals surface area contributed by atoms with Gasteiger partial charge in [0.15, 0.2) is 0 Å². The predicted molar refractivity (Wildman–Crippen MR) is 86.4 cm³/mol. The molecule has 0 saturated heterocycles. The minimum atomic E-state index is 0.269. The summed E-state index contributed by atoms with van der Waals surface area (Å²) in [4.78, 5) is 7.72. The van der Waals surface area contributed by atoms with Gasteiger partial charge < -0.3 is 11.5 Å². The SMILES string of the molecule is N#Cc1cc(Br)cnc1N.N#Cc1cc(C2CC2)cnc1N. The normalized spacial score (nSPS) is 12.5. The van der Waals surface area contributed by atoms with Crippen LogP contribution in [-0.2, 0) is 0 Å². The summed E-state index contributed by atoms with van der Waals surface area (Å²) >= 11 is 3.17. The standard InChI is InChI=1S/C9H9N3.C6H4BrN3/c10-4-7-3-8(6-1-2-6)5-12-9(7)11;7-5-1-4(2-8)6(9)10-3-5/h3,5-6H,1-2H2,(H2,11,12);1,3H,(H2,9,10). The van der Waals surface area contributed by atoms with Crippen molar-refractivity contribution in [2.45, 2.75) is 18.8 Å². The summed E-state index contributed by atoms with van der Waals surface area (Å²) in [7, 11) is 0. The Morgan fingerprint density at radius 2 is 1.55 bits per heavy atom. The lowest BCUT2D eigenvalue weighted by molar-refractivity contribution is 1.09. The number of nitrogens with two attached hydrogens (primary N) is 2. The number of aromatic nitrogens is 2. The smallest absolute Gasteiger partial charge is 0.141 e. The summed E-state index contributed by atoms with van der Waals surface area (Å²) < 4.78 is 0.762. The van der Waals surface area contributed by atoms with Gasteiger partial charge in [-0.3, -0.25) is 0 Å². The third kappa shape index (κ3) is 3.94. The molecule has 2 heterocycles. The Labute approximate surface area is 136 Å². The summed E-state index contributed by atoms with van der Waals surface area (Å²) in [6.07, 6.45) is 5.76. The summed E-state index contributed by atoms with van der Waals surface area (Å²) in [5, 5.41) is 17.1. The van der Waals surface area contributed by atoms with Crippen molar-refractivity contribution in [1.82, 2.24) is 9.97 Å². The van der Waals surface area contributed by atoms with Crippen LogP contribution in [0.5, 0.6) is 0 Å². The molecule has 2 aromatic rings. The van der Waals surface area contributed by atoms with Crippen LogP contribution in [-0.4, -0.2) is 9.97 Å². The highest BCUT2D eigenvalue weighted by atomic mass is 79.9. The highest BCUT2D eigenvalue weighted by Gasteiger charge is 2.24. The number of halogens is 1. The van der Waals surface area contributed by atoms with E-state index in [2.05, 4.69) is 25.9 Å². The molecule has 2 aromatic heterocycles. The molecule has 0 radical (unpaired) electrons. The number of hydrogen-bond donors (Lipinski definition) is 2. The Hall–Kier alpha value is -2.64. The molecular formula is C15H13BrN6. The van der Waals surface area contributed by atoms with Gasteiger partial charge in [0.1, 0.15) is 23.8 Å². The zero-order chi connectivity index (χ0) is 16.1. The third-order valence-electron chi connectivity index (χ3n) is 3.11. The second-order valence-electron chi connectivity index (χ2n) is 4.79. The van der Waals surface area contributed by atoms with Crippen LogP contribution < -0.4 is 11.5 Å². The van der Waals surface area contributed by atoms with E-state index >= 15 is 0 Å². The van der Waals surface area contributed by atoms with E-state index in [1.165, 1.54) is 12.8 Å². The molecule has 6 nitrogen and oxygen atoms in total. The summed E-state index contributed by atoms with van der Waals surface area (Å²) in [5.74, 6) is 1.23. The van der Waals surface area contributed by atoms with Crippen molar-refractivity contribution in [2.24, 2.45) is 0 Å². The molecule has 0 aromatic carbocycles. The van der Waals surface area contributed by atoms with Crippen LogP contribution in [0.4, 0.5) is 11.6 Å². The van der Waals surface area contributed by atoms with Gasteiger partial charge in [0.05, 0.1) is 11.1 Å². The van der Waals surface area contributed by atoms with Gasteiger partial charge in [0, 0.05) is 16.9 Å². The number of hydrogen-bond acceptors (Lipinski definition) is 6. The molecule has 0 aliphatic heterocycles. The van der Waals surface area contributed by atoms with Crippen molar-refractivity contribution in [1.29, 1.82) is 10.5 Å². The van der Waals surface area contributed by atoms with Crippen molar-refractivity contribution in [2.75, 3.05) is 11.5 Å². The molecule has 0 atom stereocenters. The van der Waals surface area contributed by atoms with Crippen LogP contribution in [0.3, 0.4) is 0 Å². The van der Waals surface area contributed by atoms with Crippen LogP contribution in [0.1, 0.15) is 35.4 Å². The average Bonchev–Trinajstić information content (AvgIpc) is 3.35. The van der Waals surface area contributed by atoms with Crippen LogP contribution in [0.25, 0.3) is 0 Å². The number of anilines is 2. The Bertz CT molecular complexity index is 771. The second-order valence-corrected chi connectivity index (χ2v) is 5.70. The van der Waals surface area contributed by atoms with E-state index in [1.54, 1.807) is 18.5 Å². The Balaban J connectivity index is 0.000000164. The maximum atomic E-state index is 8.68. The third-order valence-corrected chi connectivity index (χ3v) is 3.55. The first-order valence-corrected chi connectivity index (χ1v) is 7.31. The molecule has 7 heteroatoms. The van der Waals surface area contributed by atoms with Gasteiger partial charge in [-0.2, -0.15) is 10.5 Å². The molecule has 110 valence electrons. The molecule has 0 amide bonds. The number of nitriles is 2. The predicted octanol–water partition coefficient (Wildman–Crippen LogP) is 2.71. The molecule has 0 spiro atoms. The van der Waals surface area contributed by atoms with E-state index in [0.29, 0.717) is 22.9 Å². The first-order chi connectivity index (χ1) is 10.5. The quantitative estimate of drug-likeness (QED) is 0.808. The number of nitrogens with zero attached hydrogens (tertiary/aromatic N) is 4. The molecule has 0 unspecified atom stereocenters. The van der Waals surface area contributed by atoms with Crippen molar-refractivity contribution in [3.8, 4) is 12.1 Å². The first-order valence-electron chi connectivity index (χ1n) is 6.51. The maximum absolute atomic E-state index is 8.68. The minimum absolute atomic E-state index is 0.269. The van der Waals surface area contributed by atoms with E-state index < -0.39 is 0 Å². The lowest BCUT2D eigenvalue weighted by Gasteiger charge is -1.99. The lowest BCUT2D eigenvalue weighted by atomic mass is 10.1. The van der Waals surface area contributed by atoms with E-state index in [0.717, 1.165) is 10.0 Å². The van der Waals surface area contributed by atoms with Gasteiger partial charge in [0.2, 0.25) is 0 Å². The van der Waals surface area contributed by atoms with E-state index in [-0.39, 0.29) is 5.82 Å². The fourth-order valence-electron chi connectivity index (χ4n) is 1.76. The van der Waals surface area contributed by atoms with Crippen LogP contribution in [0.2, 0.25) is 0 Å². The van der Waals surface area contributed by atoms with Gasteiger partial charge in [-0.15, -0.1) is 0 Å². The largest absolute Gasteiger partial charge is 0.383 e. The average molecular weight is 357 g/mol. The summed E-state index contributed by atoms with van der Waals surface area (Å²) in [6, 6.07) is 7.42. The van der Waals surface area contributed by atoms with E-state index in [4.69, 9.17) is 22.0 Å². The molecule has 0 bridgehead atoms. The topological polar surface area (TPSA) is 125 Å². The molecular weight excluding hydrogens is 344 g/mol. The van der Waals surface area contributed by atoms with Crippen LogP contribution in [0, 0.1) is 22.7 Å². The second kappa shape index (κ2) is 6.88. The summed E-state index contributed by atoms with van der Waals surface area (Å²) in [5.41, 5.74) is 12.9. The Morgan fingerprint density at radius 1 is 1.00 bits per heavy atom. The van der Waals surface area contributed by atoms with E-state index in [1.807, 2.05) is 18.2 Å². The fraction of sp³-hybridized carbons (Fsp3) is 0.200. The molecule has 1 fully saturated rings. The van der Waals surface area contributed by atoms with Gasteiger partial charge in [-0.25, -0.2) is 9.97 Å². The fourth-order valence-corrected chi connectivity index (χ4v) is 2.09. The monoisotopic (exact) mass is 356 g/mol. The van der Waals surface area contributed by atoms with Crippen molar-refractivity contribution >= 4 is 27.6 Å².